The van der Waals surface area contributed by atoms with Crippen LogP contribution in [0, 0.1) is 0 Å². The number of carbonyl (C=O) groups excluding carboxylic acids is 1. The van der Waals surface area contributed by atoms with Gasteiger partial charge in [0.05, 0.1) is 10.6 Å². The predicted octanol–water partition coefficient (Wildman–Crippen LogP) is 3.23. The molecule has 1 amide bonds. The van der Waals surface area contributed by atoms with E-state index in [4.69, 9.17) is 13.9 Å². The molecule has 0 unspecified atom stereocenters. The summed E-state index contributed by atoms with van der Waals surface area (Å²) in [5, 5.41) is 10.9. The van der Waals surface area contributed by atoms with E-state index in [1.807, 2.05) is 0 Å². The second-order valence-corrected chi connectivity index (χ2v) is 9.76. The number of carbonyl (C=O) groups is 1. The molecule has 0 fully saturated rings. The molecule has 0 radical (unpaired) electrons. The predicted molar refractivity (Wildman–Crippen MR) is 122 cm³/mol. The molecule has 3 aromatic rings. The van der Waals surface area contributed by atoms with Crippen molar-refractivity contribution in [2.75, 3.05) is 31.0 Å². The van der Waals surface area contributed by atoms with Crippen LogP contribution in [-0.2, 0) is 14.8 Å². The van der Waals surface area contributed by atoms with Gasteiger partial charge in [-0.15, -0.1) is 10.2 Å². The number of hydrogen-bond donors (Lipinski definition) is 1. The zero-order valence-electron chi connectivity index (χ0n) is 18.0. The molecule has 174 valence electrons. The molecule has 33 heavy (non-hydrogen) atoms. The van der Waals surface area contributed by atoms with Gasteiger partial charge >= 0.3 is 0 Å². The molecule has 0 aliphatic carbocycles. The van der Waals surface area contributed by atoms with Crippen molar-refractivity contribution in [3.8, 4) is 23.0 Å². The Hall–Kier alpha value is -3.09. The van der Waals surface area contributed by atoms with Crippen LogP contribution in [0.1, 0.15) is 13.8 Å². The molecule has 0 spiro atoms. The SMILES string of the molecule is CCN(CC)S(=O)(=O)c1cccc(-c2nnc(SCC(=O)Nc3ccc4c(c3)OCO4)o2)c1. The fourth-order valence-corrected chi connectivity index (χ4v) is 5.25. The Morgan fingerprint density at radius 1 is 1.09 bits per heavy atom. The summed E-state index contributed by atoms with van der Waals surface area (Å²) < 4.78 is 43.1. The lowest BCUT2D eigenvalue weighted by Crippen LogP contribution is -2.30. The highest BCUT2D eigenvalue weighted by molar-refractivity contribution is 7.99. The first-order chi connectivity index (χ1) is 15.9. The standard InChI is InChI=1S/C21H22N4O6S2/c1-3-25(4-2)33(27,28)16-7-5-6-14(10-16)20-23-24-21(31-20)32-12-19(26)22-15-8-9-17-18(11-15)30-13-29-17/h5-11H,3-4,12-13H2,1-2H3,(H,22,26). The van der Waals surface area contributed by atoms with Crippen LogP contribution < -0.4 is 14.8 Å². The Morgan fingerprint density at radius 2 is 1.88 bits per heavy atom. The van der Waals surface area contributed by atoms with Gasteiger partial charge in [0.1, 0.15) is 0 Å². The maximum absolute atomic E-state index is 12.8. The largest absolute Gasteiger partial charge is 0.454 e. The normalized spacial score (nSPS) is 12.8. The van der Waals surface area contributed by atoms with E-state index in [9.17, 15) is 13.2 Å². The summed E-state index contributed by atoms with van der Waals surface area (Å²) in [4.78, 5) is 12.4. The number of nitrogens with one attached hydrogen (secondary N) is 1. The quantitative estimate of drug-likeness (QED) is 0.450. The van der Waals surface area contributed by atoms with Crippen molar-refractivity contribution in [1.82, 2.24) is 14.5 Å². The maximum Gasteiger partial charge on any atom is 0.277 e. The van der Waals surface area contributed by atoms with Crippen molar-refractivity contribution in [1.29, 1.82) is 0 Å². The number of nitrogens with zero attached hydrogens (tertiary/aromatic N) is 3. The van der Waals surface area contributed by atoms with E-state index in [0.29, 0.717) is 35.8 Å². The highest BCUT2D eigenvalue weighted by Gasteiger charge is 2.23. The van der Waals surface area contributed by atoms with E-state index in [-0.39, 0.29) is 34.5 Å². The monoisotopic (exact) mass is 490 g/mol. The third-order valence-electron chi connectivity index (χ3n) is 4.81. The molecular formula is C21H22N4O6S2. The second-order valence-electron chi connectivity index (χ2n) is 6.90. The number of sulfonamides is 1. The first-order valence-electron chi connectivity index (χ1n) is 10.2. The molecular weight excluding hydrogens is 468 g/mol. The summed E-state index contributed by atoms with van der Waals surface area (Å²) in [6, 6.07) is 11.5. The molecule has 0 atom stereocenters. The lowest BCUT2D eigenvalue weighted by molar-refractivity contribution is -0.113. The molecule has 0 saturated heterocycles. The molecule has 1 N–H and O–H groups in total. The summed E-state index contributed by atoms with van der Waals surface area (Å²) in [5.41, 5.74) is 1.06. The van der Waals surface area contributed by atoms with Crippen LogP contribution in [0.15, 0.2) is 57.0 Å². The van der Waals surface area contributed by atoms with Gasteiger partial charge in [-0.25, -0.2) is 8.42 Å². The van der Waals surface area contributed by atoms with E-state index in [1.165, 1.54) is 16.4 Å². The molecule has 2 aromatic carbocycles. The molecule has 1 aliphatic heterocycles. The topological polar surface area (TPSA) is 124 Å². The van der Waals surface area contributed by atoms with E-state index in [2.05, 4.69) is 15.5 Å². The van der Waals surface area contributed by atoms with Crippen LogP contribution in [0.5, 0.6) is 11.5 Å². The number of fused-ring (bicyclic) bond motifs is 1. The number of ether oxygens (including phenoxy) is 2. The number of anilines is 1. The molecule has 2 heterocycles. The van der Waals surface area contributed by atoms with Crippen molar-refractivity contribution in [2.24, 2.45) is 0 Å². The first-order valence-corrected chi connectivity index (χ1v) is 12.6. The molecule has 1 aromatic heterocycles. The van der Waals surface area contributed by atoms with Crippen molar-refractivity contribution >= 4 is 33.4 Å². The van der Waals surface area contributed by atoms with Crippen LogP contribution in [0.2, 0.25) is 0 Å². The minimum Gasteiger partial charge on any atom is -0.454 e. The molecule has 12 heteroatoms. The number of hydrogen-bond acceptors (Lipinski definition) is 9. The number of rotatable bonds is 9. The van der Waals surface area contributed by atoms with Gasteiger partial charge in [-0.3, -0.25) is 4.79 Å². The van der Waals surface area contributed by atoms with Crippen LogP contribution in [0.25, 0.3) is 11.5 Å². The highest BCUT2D eigenvalue weighted by atomic mass is 32.2. The van der Waals surface area contributed by atoms with E-state index < -0.39 is 10.0 Å². The minimum absolute atomic E-state index is 0.0481. The molecule has 4 rings (SSSR count). The van der Waals surface area contributed by atoms with Crippen molar-refractivity contribution in [3.63, 3.8) is 0 Å². The van der Waals surface area contributed by atoms with Crippen LogP contribution in [-0.4, -0.2) is 54.5 Å². The van der Waals surface area contributed by atoms with Gasteiger partial charge in [0, 0.05) is 30.4 Å². The second kappa shape index (κ2) is 9.81. The zero-order chi connectivity index (χ0) is 23.4. The Morgan fingerprint density at radius 3 is 2.67 bits per heavy atom. The number of benzene rings is 2. The zero-order valence-corrected chi connectivity index (χ0v) is 19.6. The van der Waals surface area contributed by atoms with Crippen molar-refractivity contribution in [2.45, 2.75) is 24.0 Å². The molecule has 1 aliphatic rings. The van der Waals surface area contributed by atoms with Gasteiger partial charge in [-0.1, -0.05) is 31.7 Å². The minimum atomic E-state index is -3.61. The summed E-state index contributed by atoms with van der Waals surface area (Å²) in [7, 11) is -3.61. The van der Waals surface area contributed by atoms with Crippen molar-refractivity contribution < 1.29 is 27.1 Å². The summed E-state index contributed by atoms with van der Waals surface area (Å²) >= 11 is 1.08. The number of thioether (sulfide) groups is 1. The average Bonchev–Trinajstić information content (AvgIpc) is 3.48. The van der Waals surface area contributed by atoms with E-state index >= 15 is 0 Å². The van der Waals surface area contributed by atoms with Gasteiger partial charge < -0.3 is 19.2 Å². The Kier molecular flexibility index (Phi) is 6.86. The van der Waals surface area contributed by atoms with Crippen LogP contribution in [0.4, 0.5) is 5.69 Å². The van der Waals surface area contributed by atoms with Crippen LogP contribution in [0.3, 0.4) is 0 Å². The molecule has 0 saturated carbocycles. The maximum atomic E-state index is 12.8. The summed E-state index contributed by atoms with van der Waals surface area (Å²) in [5.74, 6) is 1.17. The fraction of sp³-hybridized carbons (Fsp3) is 0.286. The Labute approximate surface area is 195 Å². The van der Waals surface area contributed by atoms with Crippen LogP contribution >= 0.6 is 11.8 Å². The fourth-order valence-electron chi connectivity index (χ4n) is 3.19. The van der Waals surface area contributed by atoms with Gasteiger partial charge in [0.25, 0.3) is 5.22 Å². The van der Waals surface area contributed by atoms with E-state index in [1.54, 1.807) is 44.2 Å². The average molecular weight is 491 g/mol. The Balaban J connectivity index is 1.39. The third kappa shape index (κ3) is 5.13. The van der Waals surface area contributed by atoms with Gasteiger partial charge in [0.2, 0.25) is 28.6 Å². The molecule has 0 bridgehead atoms. The lowest BCUT2D eigenvalue weighted by atomic mass is 10.2. The summed E-state index contributed by atoms with van der Waals surface area (Å²) in [6.45, 7) is 4.48. The number of amides is 1. The van der Waals surface area contributed by atoms with E-state index in [0.717, 1.165) is 11.8 Å². The third-order valence-corrected chi connectivity index (χ3v) is 7.68. The van der Waals surface area contributed by atoms with Gasteiger partial charge in [-0.2, -0.15) is 4.31 Å². The lowest BCUT2D eigenvalue weighted by Gasteiger charge is -2.18. The first kappa shape index (κ1) is 23.1. The Bertz CT molecular complexity index is 1260. The van der Waals surface area contributed by atoms with Crippen molar-refractivity contribution in [3.05, 3.63) is 42.5 Å². The highest BCUT2D eigenvalue weighted by Crippen LogP contribution is 2.34. The molecule has 10 nitrogen and oxygen atoms in total. The smallest absolute Gasteiger partial charge is 0.277 e. The van der Waals surface area contributed by atoms with Gasteiger partial charge in [-0.05, 0) is 30.3 Å². The summed E-state index contributed by atoms with van der Waals surface area (Å²) in [6.07, 6.45) is 0. The number of aromatic nitrogens is 2. The van der Waals surface area contributed by atoms with Gasteiger partial charge in [0.15, 0.2) is 11.5 Å².